The van der Waals surface area contributed by atoms with Gasteiger partial charge in [-0.05, 0) is 31.6 Å². The van der Waals surface area contributed by atoms with Crippen LogP contribution in [0.3, 0.4) is 0 Å². The molecule has 0 spiro atoms. The number of hydrogen-bond donors (Lipinski definition) is 2. The Morgan fingerprint density at radius 3 is 2.41 bits per heavy atom. The number of carboxylic acid groups (broad SMARTS) is 1. The molecule has 0 aromatic rings. The molecule has 1 amide bonds. The highest BCUT2D eigenvalue weighted by molar-refractivity contribution is 5.64. The number of carbonyl (C=O) groups is 1. The van der Waals surface area contributed by atoms with E-state index < -0.39 is 6.09 Å². The van der Waals surface area contributed by atoms with Crippen LogP contribution < -0.4 is 5.32 Å². The zero-order valence-electron chi connectivity index (χ0n) is 10.7. The lowest BCUT2D eigenvalue weighted by atomic mass is 9.84. The van der Waals surface area contributed by atoms with Crippen molar-refractivity contribution in [3.8, 4) is 0 Å². The van der Waals surface area contributed by atoms with Crippen LogP contribution in [-0.2, 0) is 0 Å². The Morgan fingerprint density at radius 1 is 1.18 bits per heavy atom. The van der Waals surface area contributed by atoms with E-state index in [2.05, 4.69) is 17.1 Å². The van der Waals surface area contributed by atoms with E-state index >= 15 is 0 Å². The maximum Gasteiger partial charge on any atom is 0.404 e. The second-order valence-electron chi connectivity index (χ2n) is 5.59. The van der Waals surface area contributed by atoms with Crippen LogP contribution in [0.25, 0.3) is 0 Å². The average molecular weight is 240 g/mol. The fourth-order valence-corrected chi connectivity index (χ4v) is 3.39. The minimum absolute atomic E-state index is 0.169. The van der Waals surface area contributed by atoms with E-state index in [1.54, 1.807) is 0 Å². The summed E-state index contributed by atoms with van der Waals surface area (Å²) in [6, 6.07) is 0.914. The highest BCUT2D eigenvalue weighted by atomic mass is 16.4. The van der Waals surface area contributed by atoms with Crippen molar-refractivity contribution in [3.63, 3.8) is 0 Å². The molecule has 1 saturated carbocycles. The maximum atomic E-state index is 10.6. The average Bonchev–Trinajstić information content (AvgIpc) is 2.30. The van der Waals surface area contributed by atoms with E-state index in [9.17, 15) is 4.79 Å². The summed E-state index contributed by atoms with van der Waals surface area (Å²) >= 11 is 0. The molecule has 17 heavy (non-hydrogen) atoms. The quantitative estimate of drug-likeness (QED) is 0.778. The molecule has 0 aromatic heterocycles. The van der Waals surface area contributed by atoms with Gasteiger partial charge in [-0.25, -0.2) is 4.79 Å². The minimum atomic E-state index is -0.880. The summed E-state index contributed by atoms with van der Waals surface area (Å²) in [4.78, 5) is 13.2. The predicted molar refractivity (Wildman–Crippen MR) is 67.2 cm³/mol. The van der Waals surface area contributed by atoms with Crippen molar-refractivity contribution < 1.29 is 9.90 Å². The fraction of sp³-hybridized carbons (Fsp3) is 0.923. The van der Waals surface area contributed by atoms with Gasteiger partial charge in [0.15, 0.2) is 0 Å². The van der Waals surface area contributed by atoms with Gasteiger partial charge in [-0.1, -0.05) is 19.8 Å². The number of hydrogen-bond acceptors (Lipinski definition) is 2. The lowest BCUT2D eigenvalue weighted by Gasteiger charge is -2.42. The van der Waals surface area contributed by atoms with Gasteiger partial charge in [-0.2, -0.15) is 0 Å². The van der Waals surface area contributed by atoms with E-state index in [1.165, 1.54) is 25.7 Å². The Labute approximate surface area is 103 Å². The topological polar surface area (TPSA) is 52.6 Å². The monoisotopic (exact) mass is 240 g/mol. The van der Waals surface area contributed by atoms with Crippen LogP contribution in [0.15, 0.2) is 0 Å². The summed E-state index contributed by atoms with van der Waals surface area (Å²) in [6.45, 7) is 4.48. The van der Waals surface area contributed by atoms with Crippen molar-refractivity contribution in [1.29, 1.82) is 0 Å². The molecule has 2 fully saturated rings. The number of rotatable bonds is 2. The number of likely N-dealkylation sites (tertiary alicyclic amines) is 1. The molecule has 1 saturated heterocycles. The lowest BCUT2D eigenvalue weighted by Crippen LogP contribution is -2.50. The first-order valence-electron chi connectivity index (χ1n) is 6.90. The van der Waals surface area contributed by atoms with Gasteiger partial charge in [0.05, 0.1) is 0 Å². The first kappa shape index (κ1) is 12.7. The molecule has 2 rings (SSSR count). The van der Waals surface area contributed by atoms with E-state index in [1.807, 2.05) is 0 Å². The first-order valence-corrected chi connectivity index (χ1v) is 6.90. The van der Waals surface area contributed by atoms with E-state index in [-0.39, 0.29) is 6.04 Å². The molecular weight excluding hydrogens is 216 g/mol. The SMILES string of the molecule is CC1CCCCC1N1CCC(NC(=O)O)CC1. The molecule has 2 aliphatic rings. The number of nitrogens with zero attached hydrogens (tertiary/aromatic N) is 1. The molecule has 1 heterocycles. The van der Waals surface area contributed by atoms with Gasteiger partial charge in [0.25, 0.3) is 0 Å². The van der Waals surface area contributed by atoms with E-state index in [0.29, 0.717) is 0 Å². The molecule has 2 atom stereocenters. The Hall–Kier alpha value is -0.770. The summed E-state index contributed by atoms with van der Waals surface area (Å²) < 4.78 is 0. The molecule has 4 heteroatoms. The van der Waals surface area contributed by atoms with Crippen molar-refractivity contribution in [1.82, 2.24) is 10.2 Å². The van der Waals surface area contributed by atoms with Crippen molar-refractivity contribution in [2.45, 2.75) is 57.5 Å². The molecule has 0 radical (unpaired) electrons. The summed E-state index contributed by atoms with van der Waals surface area (Å²) in [5.41, 5.74) is 0. The van der Waals surface area contributed by atoms with Crippen LogP contribution in [0.2, 0.25) is 0 Å². The Morgan fingerprint density at radius 2 is 1.82 bits per heavy atom. The van der Waals surface area contributed by atoms with Gasteiger partial charge in [-0.15, -0.1) is 0 Å². The van der Waals surface area contributed by atoms with Crippen LogP contribution >= 0.6 is 0 Å². The third-order valence-electron chi connectivity index (χ3n) is 4.39. The molecule has 98 valence electrons. The van der Waals surface area contributed by atoms with Crippen molar-refractivity contribution in [2.24, 2.45) is 5.92 Å². The van der Waals surface area contributed by atoms with Gasteiger partial charge in [0.2, 0.25) is 0 Å². The van der Waals surface area contributed by atoms with Gasteiger partial charge in [0, 0.05) is 25.2 Å². The van der Waals surface area contributed by atoms with Crippen LogP contribution in [0.4, 0.5) is 4.79 Å². The third kappa shape index (κ3) is 3.35. The first-order chi connectivity index (χ1) is 8.16. The summed E-state index contributed by atoms with van der Waals surface area (Å²) in [6.07, 6.45) is 6.49. The van der Waals surface area contributed by atoms with E-state index in [0.717, 1.165) is 37.9 Å². The molecule has 1 aliphatic heterocycles. The van der Waals surface area contributed by atoms with E-state index in [4.69, 9.17) is 5.11 Å². The molecule has 4 nitrogen and oxygen atoms in total. The molecule has 0 aromatic carbocycles. The molecule has 2 unspecified atom stereocenters. The number of amides is 1. The maximum absolute atomic E-state index is 10.6. The number of nitrogens with one attached hydrogen (secondary N) is 1. The standard InChI is InChI=1S/C13H24N2O2/c1-10-4-2-3-5-12(10)15-8-6-11(7-9-15)14-13(16)17/h10-12,14H,2-9H2,1H3,(H,16,17). The predicted octanol–water partition coefficient (Wildman–Crippen LogP) is 2.30. The molecular formula is C13H24N2O2. The molecule has 1 aliphatic carbocycles. The normalized spacial score (nSPS) is 32.3. The van der Waals surface area contributed by atoms with Crippen molar-refractivity contribution in [2.75, 3.05) is 13.1 Å². The Bertz CT molecular complexity index is 262. The highest BCUT2D eigenvalue weighted by Crippen LogP contribution is 2.29. The Balaban J connectivity index is 1.79. The molecule has 2 N–H and O–H groups in total. The van der Waals surface area contributed by atoms with Crippen LogP contribution in [-0.4, -0.2) is 41.3 Å². The zero-order valence-corrected chi connectivity index (χ0v) is 10.7. The second kappa shape index (κ2) is 5.71. The van der Waals surface area contributed by atoms with Gasteiger partial charge < -0.3 is 10.4 Å². The van der Waals surface area contributed by atoms with Crippen molar-refractivity contribution in [3.05, 3.63) is 0 Å². The smallest absolute Gasteiger partial charge is 0.404 e. The third-order valence-corrected chi connectivity index (χ3v) is 4.39. The van der Waals surface area contributed by atoms with Gasteiger partial charge >= 0.3 is 6.09 Å². The van der Waals surface area contributed by atoms with Crippen LogP contribution in [0.5, 0.6) is 0 Å². The van der Waals surface area contributed by atoms with Gasteiger partial charge in [0.1, 0.15) is 0 Å². The minimum Gasteiger partial charge on any atom is -0.465 e. The second-order valence-corrected chi connectivity index (χ2v) is 5.59. The highest BCUT2D eigenvalue weighted by Gasteiger charge is 2.30. The summed E-state index contributed by atoms with van der Waals surface area (Å²) in [7, 11) is 0. The van der Waals surface area contributed by atoms with Gasteiger partial charge in [-0.3, -0.25) is 4.90 Å². The van der Waals surface area contributed by atoms with Crippen LogP contribution in [0, 0.1) is 5.92 Å². The largest absolute Gasteiger partial charge is 0.465 e. The fourth-order valence-electron chi connectivity index (χ4n) is 3.39. The molecule has 0 bridgehead atoms. The summed E-state index contributed by atoms with van der Waals surface area (Å²) in [5.74, 6) is 0.813. The number of piperidine rings is 1. The zero-order chi connectivity index (χ0) is 12.3. The summed E-state index contributed by atoms with van der Waals surface area (Å²) in [5, 5.41) is 11.3. The van der Waals surface area contributed by atoms with Crippen LogP contribution in [0.1, 0.15) is 45.4 Å². The van der Waals surface area contributed by atoms with Crippen molar-refractivity contribution >= 4 is 6.09 Å². The Kier molecular flexibility index (Phi) is 4.26. The lowest BCUT2D eigenvalue weighted by molar-refractivity contribution is 0.0810.